The first kappa shape index (κ1) is 16.1. The Kier molecular flexibility index (Phi) is 3.84. The number of Topliss-reactive ketones (excluding diaryl/α,β-unsaturated/α-hetero) is 1. The van der Waals surface area contributed by atoms with Crippen molar-refractivity contribution in [2.45, 2.75) is 33.6 Å². The summed E-state index contributed by atoms with van der Waals surface area (Å²) in [6, 6.07) is 5.72. The van der Waals surface area contributed by atoms with Crippen molar-refractivity contribution in [2.75, 3.05) is 0 Å². The molecule has 3 rings (SSSR count). The Hall–Kier alpha value is -2.74. The lowest BCUT2D eigenvalue weighted by Crippen LogP contribution is -2.34. The number of hydrogen-bond donors (Lipinski definition) is 1. The number of furan rings is 1. The molecule has 1 aliphatic carbocycles. The second-order valence-corrected chi connectivity index (χ2v) is 7.11. The molecule has 0 saturated carbocycles. The Balaban J connectivity index is 2.12. The molecule has 1 aliphatic heterocycles. The summed E-state index contributed by atoms with van der Waals surface area (Å²) in [4.78, 5) is 12.8. The number of rotatable bonds is 2. The SMILES string of the molecule is CC(=Cc1ccco1)C1C(C#N)=C(N)OC2=C1C(=O)CC(C)(C)C2. The highest BCUT2D eigenvalue weighted by atomic mass is 16.5. The molecule has 0 saturated heterocycles. The van der Waals surface area contributed by atoms with E-state index in [-0.39, 0.29) is 22.7 Å². The second kappa shape index (κ2) is 5.72. The lowest BCUT2D eigenvalue weighted by molar-refractivity contribution is -0.119. The summed E-state index contributed by atoms with van der Waals surface area (Å²) < 4.78 is 11.0. The van der Waals surface area contributed by atoms with Crippen molar-refractivity contribution in [2.24, 2.45) is 17.1 Å². The largest absolute Gasteiger partial charge is 0.465 e. The second-order valence-electron chi connectivity index (χ2n) is 7.11. The molecule has 24 heavy (non-hydrogen) atoms. The maximum absolute atomic E-state index is 12.8. The molecule has 1 aromatic rings. The Labute approximate surface area is 141 Å². The Bertz CT molecular complexity index is 817. The lowest BCUT2D eigenvalue weighted by Gasteiger charge is -2.37. The van der Waals surface area contributed by atoms with E-state index in [9.17, 15) is 10.1 Å². The Morgan fingerprint density at radius 3 is 2.83 bits per heavy atom. The first-order valence-electron chi connectivity index (χ1n) is 7.88. The minimum atomic E-state index is -0.479. The predicted octanol–water partition coefficient (Wildman–Crippen LogP) is 3.67. The van der Waals surface area contributed by atoms with Gasteiger partial charge in [0.05, 0.1) is 12.2 Å². The van der Waals surface area contributed by atoms with Gasteiger partial charge in [-0.05, 0) is 30.5 Å². The van der Waals surface area contributed by atoms with Crippen molar-refractivity contribution in [1.29, 1.82) is 5.26 Å². The number of nitriles is 1. The zero-order chi connectivity index (χ0) is 17.5. The molecule has 124 valence electrons. The Morgan fingerprint density at radius 2 is 2.21 bits per heavy atom. The van der Waals surface area contributed by atoms with Crippen LogP contribution in [-0.2, 0) is 9.53 Å². The summed E-state index contributed by atoms with van der Waals surface area (Å²) in [5.74, 6) is 0.871. The van der Waals surface area contributed by atoms with Crippen molar-refractivity contribution >= 4 is 11.9 Å². The molecule has 0 fully saturated rings. The molecule has 1 unspecified atom stereocenters. The van der Waals surface area contributed by atoms with Crippen molar-refractivity contribution in [3.8, 4) is 6.07 Å². The van der Waals surface area contributed by atoms with Gasteiger partial charge in [0.2, 0.25) is 5.88 Å². The first-order chi connectivity index (χ1) is 11.3. The molecule has 1 aromatic heterocycles. The number of ether oxygens (including phenoxy) is 1. The van der Waals surface area contributed by atoms with Crippen LogP contribution >= 0.6 is 0 Å². The van der Waals surface area contributed by atoms with Gasteiger partial charge in [-0.3, -0.25) is 4.79 Å². The number of ketones is 1. The molecular formula is C19H20N2O3. The molecule has 0 aromatic carbocycles. The molecule has 2 N–H and O–H groups in total. The summed E-state index contributed by atoms with van der Waals surface area (Å²) in [5.41, 5.74) is 7.46. The van der Waals surface area contributed by atoms with E-state index in [1.54, 1.807) is 12.3 Å². The van der Waals surface area contributed by atoms with Gasteiger partial charge in [-0.25, -0.2) is 0 Å². The van der Waals surface area contributed by atoms with E-state index in [0.717, 1.165) is 5.57 Å². The Morgan fingerprint density at radius 1 is 1.46 bits per heavy atom. The van der Waals surface area contributed by atoms with Crippen LogP contribution in [0, 0.1) is 22.7 Å². The normalized spacial score (nSPS) is 23.7. The number of carbonyl (C=O) groups is 1. The fourth-order valence-corrected chi connectivity index (χ4v) is 3.42. The van der Waals surface area contributed by atoms with Crippen molar-refractivity contribution in [3.05, 3.63) is 52.5 Å². The number of carbonyl (C=O) groups excluding carboxylic acids is 1. The summed E-state index contributed by atoms with van der Waals surface area (Å²) in [6.45, 7) is 5.93. The van der Waals surface area contributed by atoms with E-state index in [1.165, 1.54) is 0 Å². The zero-order valence-corrected chi connectivity index (χ0v) is 14.1. The van der Waals surface area contributed by atoms with E-state index in [4.69, 9.17) is 14.9 Å². The lowest BCUT2D eigenvalue weighted by atomic mass is 9.70. The van der Waals surface area contributed by atoms with E-state index in [0.29, 0.717) is 29.9 Å². The highest BCUT2D eigenvalue weighted by Gasteiger charge is 2.42. The summed E-state index contributed by atoms with van der Waals surface area (Å²) in [6.07, 6.45) is 4.46. The van der Waals surface area contributed by atoms with Gasteiger partial charge in [0.1, 0.15) is 23.2 Å². The molecule has 1 atom stereocenters. The molecule has 0 spiro atoms. The van der Waals surface area contributed by atoms with Crippen molar-refractivity contribution in [1.82, 2.24) is 0 Å². The fourth-order valence-electron chi connectivity index (χ4n) is 3.42. The molecular weight excluding hydrogens is 304 g/mol. The number of hydrogen-bond acceptors (Lipinski definition) is 5. The number of nitrogens with zero attached hydrogens (tertiary/aromatic N) is 1. The molecule has 2 heterocycles. The average Bonchev–Trinajstić information content (AvgIpc) is 2.97. The van der Waals surface area contributed by atoms with Crippen LogP contribution in [0.5, 0.6) is 0 Å². The quantitative estimate of drug-likeness (QED) is 0.896. The fraction of sp³-hybridized carbons (Fsp3) is 0.368. The van der Waals surface area contributed by atoms with Crippen LogP contribution in [0.25, 0.3) is 6.08 Å². The van der Waals surface area contributed by atoms with Crippen LogP contribution in [0.2, 0.25) is 0 Å². The van der Waals surface area contributed by atoms with Gasteiger partial charge in [0.25, 0.3) is 0 Å². The first-order valence-corrected chi connectivity index (χ1v) is 7.88. The van der Waals surface area contributed by atoms with Gasteiger partial charge in [0.15, 0.2) is 5.78 Å². The molecule has 0 amide bonds. The van der Waals surface area contributed by atoms with E-state index < -0.39 is 5.92 Å². The minimum Gasteiger partial charge on any atom is -0.465 e. The topological polar surface area (TPSA) is 89.2 Å². The van der Waals surface area contributed by atoms with Gasteiger partial charge in [-0.15, -0.1) is 0 Å². The maximum atomic E-state index is 12.8. The predicted molar refractivity (Wildman–Crippen MR) is 88.8 cm³/mol. The third-order valence-corrected chi connectivity index (χ3v) is 4.44. The van der Waals surface area contributed by atoms with E-state index >= 15 is 0 Å². The van der Waals surface area contributed by atoms with Crippen molar-refractivity contribution in [3.63, 3.8) is 0 Å². The van der Waals surface area contributed by atoms with Crippen LogP contribution in [-0.4, -0.2) is 5.78 Å². The molecule has 5 nitrogen and oxygen atoms in total. The zero-order valence-electron chi connectivity index (χ0n) is 14.1. The molecule has 0 radical (unpaired) electrons. The smallest absolute Gasteiger partial charge is 0.205 e. The highest BCUT2D eigenvalue weighted by Crippen LogP contribution is 2.46. The molecule has 2 aliphatic rings. The van der Waals surface area contributed by atoms with E-state index in [2.05, 4.69) is 6.07 Å². The van der Waals surface area contributed by atoms with Crippen molar-refractivity contribution < 1.29 is 13.9 Å². The van der Waals surface area contributed by atoms with Crippen LogP contribution in [0.3, 0.4) is 0 Å². The molecule has 5 heteroatoms. The number of allylic oxidation sites excluding steroid dienone is 4. The summed E-state index contributed by atoms with van der Waals surface area (Å²) in [7, 11) is 0. The summed E-state index contributed by atoms with van der Waals surface area (Å²) in [5, 5.41) is 9.53. The third kappa shape index (κ3) is 2.76. The van der Waals surface area contributed by atoms with Gasteiger partial charge < -0.3 is 14.9 Å². The van der Waals surface area contributed by atoms with Gasteiger partial charge in [-0.2, -0.15) is 5.26 Å². The average molecular weight is 324 g/mol. The van der Waals surface area contributed by atoms with Gasteiger partial charge in [0, 0.05) is 18.4 Å². The van der Waals surface area contributed by atoms with Crippen LogP contribution in [0.1, 0.15) is 39.4 Å². The monoisotopic (exact) mass is 324 g/mol. The van der Waals surface area contributed by atoms with Crippen LogP contribution in [0.4, 0.5) is 0 Å². The van der Waals surface area contributed by atoms with Gasteiger partial charge >= 0.3 is 0 Å². The summed E-state index contributed by atoms with van der Waals surface area (Å²) >= 11 is 0. The number of nitrogens with two attached hydrogens (primary N) is 1. The maximum Gasteiger partial charge on any atom is 0.205 e. The highest BCUT2D eigenvalue weighted by molar-refractivity contribution is 5.99. The van der Waals surface area contributed by atoms with Crippen LogP contribution < -0.4 is 5.73 Å². The van der Waals surface area contributed by atoms with Gasteiger partial charge in [-0.1, -0.05) is 19.4 Å². The van der Waals surface area contributed by atoms with E-state index in [1.807, 2.05) is 32.9 Å². The third-order valence-electron chi connectivity index (χ3n) is 4.44. The minimum absolute atomic E-state index is 0.0127. The standard InChI is InChI=1S/C19H20N2O3/c1-11(7-12-5-4-6-23-12)16-13(10-20)18(21)24-15-9-19(2,3)8-14(22)17(15)16/h4-7,16H,8-9,21H2,1-3H3. The molecule has 0 bridgehead atoms. The van der Waals surface area contributed by atoms with Crippen LogP contribution in [0.15, 0.2) is 51.2 Å².